The van der Waals surface area contributed by atoms with E-state index in [0.29, 0.717) is 37.0 Å². The lowest BCUT2D eigenvalue weighted by Gasteiger charge is -2.44. The molecule has 0 aromatic heterocycles. The molecule has 168 valence electrons. The van der Waals surface area contributed by atoms with E-state index < -0.39 is 11.1 Å². The van der Waals surface area contributed by atoms with E-state index in [2.05, 4.69) is 0 Å². The van der Waals surface area contributed by atoms with Gasteiger partial charge in [0.1, 0.15) is 11.3 Å². The fraction of sp³-hybridized carbons (Fsp3) is 0.583. The standard InChI is InChI=1S/C24H31NO6/c1-15-6-5-7-16(2)18(15)19-20(31-22(27)17-8-9-17)24(12-10-23(3,28)11-13-24)25(21(19)26)30-14-29-4/h5-7,17,28H,8-14H2,1-4H3. The largest absolute Gasteiger partial charge is 0.427 e. The molecule has 7 nitrogen and oxygen atoms in total. The Hall–Kier alpha value is -2.22. The molecule has 1 aromatic carbocycles. The van der Waals surface area contributed by atoms with E-state index in [1.54, 1.807) is 6.92 Å². The van der Waals surface area contributed by atoms with Gasteiger partial charge in [0.25, 0.3) is 5.91 Å². The van der Waals surface area contributed by atoms with Crippen LogP contribution < -0.4 is 0 Å². The van der Waals surface area contributed by atoms with Crippen LogP contribution in [0.25, 0.3) is 5.57 Å². The molecule has 7 heteroatoms. The number of nitrogens with zero attached hydrogens (tertiary/aromatic N) is 1. The Morgan fingerprint density at radius 3 is 2.32 bits per heavy atom. The van der Waals surface area contributed by atoms with Crippen molar-refractivity contribution in [2.24, 2.45) is 5.92 Å². The van der Waals surface area contributed by atoms with Crippen LogP contribution in [0.3, 0.4) is 0 Å². The zero-order chi connectivity index (χ0) is 22.4. The van der Waals surface area contributed by atoms with Crippen molar-refractivity contribution in [2.45, 2.75) is 70.4 Å². The maximum atomic E-state index is 13.8. The van der Waals surface area contributed by atoms with Crippen molar-refractivity contribution in [3.05, 3.63) is 40.6 Å². The smallest absolute Gasteiger partial charge is 0.314 e. The van der Waals surface area contributed by atoms with Gasteiger partial charge in [0.2, 0.25) is 0 Å². The first-order valence-electron chi connectivity index (χ1n) is 10.9. The second-order valence-corrected chi connectivity index (χ2v) is 9.33. The van der Waals surface area contributed by atoms with Crippen molar-refractivity contribution >= 4 is 17.4 Å². The van der Waals surface area contributed by atoms with Crippen molar-refractivity contribution in [2.75, 3.05) is 13.9 Å². The van der Waals surface area contributed by atoms with Gasteiger partial charge in [-0.05, 0) is 76.0 Å². The summed E-state index contributed by atoms with van der Waals surface area (Å²) in [7, 11) is 1.49. The highest BCUT2D eigenvalue weighted by Crippen LogP contribution is 2.52. The summed E-state index contributed by atoms with van der Waals surface area (Å²) in [5, 5.41) is 11.9. The van der Waals surface area contributed by atoms with Crippen molar-refractivity contribution < 1.29 is 29.0 Å². The van der Waals surface area contributed by atoms with Gasteiger partial charge >= 0.3 is 5.97 Å². The van der Waals surface area contributed by atoms with Crippen LogP contribution in [0.5, 0.6) is 0 Å². The van der Waals surface area contributed by atoms with Gasteiger partial charge in [-0.25, -0.2) is 9.90 Å². The van der Waals surface area contributed by atoms with Crippen molar-refractivity contribution in [3.63, 3.8) is 0 Å². The normalized spacial score (nSPS) is 28.5. The third-order valence-electron chi connectivity index (χ3n) is 6.74. The van der Waals surface area contributed by atoms with Crippen LogP contribution in [-0.2, 0) is 23.9 Å². The highest BCUT2D eigenvalue weighted by Gasteiger charge is 2.58. The predicted molar refractivity (Wildman–Crippen MR) is 113 cm³/mol. The monoisotopic (exact) mass is 429 g/mol. The number of esters is 1. The molecule has 4 rings (SSSR count). The molecule has 1 spiro atoms. The number of ether oxygens (including phenoxy) is 2. The maximum Gasteiger partial charge on any atom is 0.314 e. The molecule has 1 aliphatic heterocycles. The van der Waals surface area contributed by atoms with Gasteiger partial charge in [0, 0.05) is 7.11 Å². The molecule has 0 bridgehead atoms. The number of hydrogen-bond donors (Lipinski definition) is 1. The second-order valence-electron chi connectivity index (χ2n) is 9.33. The van der Waals surface area contributed by atoms with Crippen LogP contribution in [0, 0.1) is 19.8 Å². The Kier molecular flexibility index (Phi) is 5.70. The highest BCUT2D eigenvalue weighted by atomic mass is 16.8. The molecule has 0 atom stereocenters. The first-order chi connectivity index (χ1) is 14.7. The molecule has 31 heavy (non-hydrogen) atoms. The van der Waals surface area contributed by atoms with Crippen molar-refractivity contribution in [1.82, 2.24) is 5.06 Å². The fourth-order valence-corrected chi connectivity index (χ4v) is 4.72. The minimum Gasteiger partial charge on any atom is -0.427 e. The molecular formula is C24H31NO6. The Morgan fingerprint density at radius 2 is 1.77 bits per heavy atom. The Labute approximate surface area is 182 Å². The van der Waals surface area contributed by atoms with Crippen LogP contribution in [0.2, 0.25) is 0 Å². The minimum atomic E-state index is -0.952. The number of hydroxylamine groups is 2. The molecule has 3 aliphatic rings. The van der Waals surface area contributed by atoms with Crippen LogP contribution in [0.1, 0.15) is 62.1 Å². The van der Waals surface area contributed by atoms with Crippen molar-refractivity contribution in [1.29, 1.82) is 0 Å². The predicted octanol–water partition coefficient (Wildman–Crippen LogP) is 3.41. The van der Waals surface area contributed by atoms with Crippen LogP contribution in [-0.4, -0.2) is 47.1 Å². The van der Waals surface area contributed by atoms with Gasteiger partial charge in [0.05, 0.1) is 17.1 Å². The van der Waals surface area contributed by atoms with E-state index in [1.807, 2.05) is 32.0 Å². The molecule has 0 unspecified atom stereocenters. The number of benzene rings is 1. The zero-order valence-electron chi connectivity index (χ0n) is 18.7. The number of aryl methyl sites for hydroxylation is 2. The number of amides is 1. The summed E-state index contributed by atoms with van der Waals surface area (Å²) < 4.78 is 11.1. The lowest BCUT2D eigenvalue weighted by atomic mass is 9.73. The van der Waals surface area contributed by atoms with Gasteiger partial charge in [-0.2, -0.15) is 0 Å². The van der Waals surface area contributed by atoms with Gasteiger partial charge in [-0.15, -0.1) is 0 Å². The van der Waals surface area contributed by atoms with E-state index in [0.717, 1.165) is 29.5 Å². The lowest BCUT2D eigenvalue weighted by Crippen LogP contribution is -2.53. The number of hydrogen-bond acceptors (Lipinski definition) is 6. The Bertz CT molecular complexity index is 900. The van der Waals surface area contributed by atoms with E-state index >= 15 is 0 Å². The summed E-state index contributed by atoms with van der Waals surface area (Å²) in [6.07, 6.45) is 3.39. The Morgan fingerprint density at radius 1 is 1.16 bits per heavy atom. The molecule has 0 radical (unpaired) electrons. The number of aliphatic hydroxyl groups is 1. The van der Waals surface area contributed by atoms with Crippen LogP contribution in [0.15, 0.2) is 24.0 Å². The molecule has 1 amide bonds. The summed E-state index contributed by atoms with van der Waals surface area (Å²) in [6, 6.07) is 5.83. The van der Waals surface area contributed by atoms with E-state index in [-0.39, 0.29) is 24.6 Å². The third-order valence-corrected chi connectivity index (χ3v) is 6.74. The van der Waals surface area contributed by atoms with Gasteiger partial charge < -0.3 is 14.6 Å². The summed E-state index contributed by atoms with van der Waals surface area (Å²) >= 11 is 0. The molecule has 1 heterocycles. The Balaban J connectivity index is 1.88. The van der Waals surface area contributed by atoms with Gasteiger partial charge in [0.15, 0.2) is 6.79 Å². The third kappa shape index (κ3) is 3.90. The van der Waals surface area contributed by atoms with E-state index in [4.69, 9.17) is 14.3 Å². The number of rotatable bonds is 6. The molecular weight excluding hydrogens is 398 g/mol. The highest BCUT2D eigenvalue weighted by molar-refractivity contribution is 6.23. The quantitative estimate of drug-likeness (QED) is 0.551. The minimum absolute atomic E-state index is 0.103. The molecule has 2 fully saturated rings. The maximum absolute atomic E-state index is 13.8. The first kappa shape index (κ1) is 22.0. The summed E-state index contributed by atoms with van der Waals surface area (Å²) in [5.74, 6) is -0.385. The SMILES string of the molecule is COCON1C(=O)C(c2c(C)cccc2C)=C(OC(=O)C2CC2)C12CCC(C)(O)CC2. The zero-order valence-corrected chi connectivity index (χ0v) is 18.7. The summed E-state index contributed by atoms with van der Waals surface area (Å²) in [6.45, 7) is 5.58. The average Bonchev–Trinajstić information content (AvgIpc) is 3.53. The summed E-state index contributed by atoms with van der Waals surface area (Å²) in [5.41, 5.74) is 1.21. The molecule has 1 N–H and O–H groups in total. The molecule has 1 aromatic rings. The van der Waals surface area contributed by atoms with E-state index in [9.17, 15) is 14.7 Å². The molecule has 2 aliphatic carbocycles. The van der Waals surface area contributed by atoms with Gasteiger partial charge in [-0.3, -0.25) is 9.59 Å². The molecule has 0 saturated heterocycles. The van der Waals surface area contributed by atoms with Crippen LogP contribution in [0.4, 0.5) is 0 Å². The molecule has 2 saturated carbocycles. The fourth-order valence-electron chi connectivity index (χ4n) is 4.72. The topological polar surface area (TPSA) is 85.3 Å². The number of methoxy groups -OCH3 is 1. The number of carbonyl (C=O) groups is 2. The van der Waals surface area contributed by atoms with Crippen molar-refractivity contribution in [3.8, 4) is 0 Å². The summed E-state index contributed by atoms with van der Waals surface area (Å²) in [4.78, 5) is 32.3. The van der Waals surface area contributed by atoms with E-state index in [1.165, 1.54) is 12.2 Å². The van der Waals surface area contributed by atoms with Crippen LogP contribution >= 0.6 is 0 Å². The first-order valence-corrected chi connectivity index (χ1v) is 10.9. The second kappa shape index (κ2) is 8.04. The number of carbonyl (C=O) groups excluding carboxylic acids is 2. The average molecular weight is 430 g/mol. The van der Waals surface area contributed by atoms with Gasteiger partial charge in [-0.1, -0.05) is 18.2 Å². The lowest BCUT2D eigenvalue weighted by molar-refractivity contribution is -0.253.